The highest BCUT2D eigenvalue weighted by molar-refractivity contribution is 5.27. The van der Waals surface area contributed by atoms with E-state index in [0.29, 0.717) is 0 Å². The highest BCUT2D eigenvalue weighted by Gasteiger charge is 2.30. The minimum atomic E-state index is 0.753. The topological polar surface area (TPSA) is 9.23 Å². The number of hydrogen-bond acceptors (Lipinski definition) is 1. The lowest BCUT2D eigenvalue weighted by Crippen LogP contribution is -2.26. The summed E-state index contributed by atoms with van der Waals surface area (Å²) in [5.74, 6) is 5.15. The molecule has 1 aromatic rings. The van der Waals surface area contributed by atoms with Gasteiger partial charge in [0.2, 0.25) is 0 Å². The third kappa shape index (κ3) is 7.65. The maximum absolute atomic E-state index is 5.56. The molecule has 0 amide bonds. The van der Waals surface area contributed by atoms with Crippen molar-refractivity contribution >= 4 is 0 Å². The molecule has 2 aliphatic rings. The molecule has 0 saturated heterocycles. The molecule has 0 N–H and O–H groups in total. The third-order valence-electron chi connectivity index (χ3n) is 7.99. The first-order valence-electron chi connectivity index (χ1n) is 13.0. The van der Waals surface area contributed by atoms with Gasteiger partial charge >= 0.3 is 0 Å². The van der Waals surface area contributed by atoms with E-state index in [1.165, 1.54) is 89.0 Å². The Balaban J connectivity index is 1.29. The highest BCUT2D eigenvalue weighted by atomic mass is 16.5. The summed E-state index contributed by atoms with van der Waals surface area (Å²) in [6.07, 6.45) is 22.1. The molecule has 2 aliphatic carbocycles. The standard InChI is InChI=1S/C28H46O/c1-3-5-6-7-8-23-11-17-26(18-12-23)27-19-13-24(14-20-27)9-10-25-15-21-28(22-16-25)29-4-2/h15-16,21-24,26-27H,3-14,17-20H2,1-2H3/t23-,24-,26-,27-. The van der Waals surface area contributed by atoms with Crippen LogP contribution in [0.2, 0.25) is 0 Å². The van der Waals surface area contributed by atoms with E-state index in [0.717, 1.165) is 36.0 Å². The van der Waals surface area contributed by atoms with Crippen LogP contribution in [0.3, 0.4) is 0 Å². The van der Waals surface area contributed by atoms with Crippen molar-refractivity contribution in [1.29, 1.82) is 0 Å². The lowest BCUT2D eigenvalue weighted by molar-refractivity contribution is 0.140. The molecule has 29 heavy (non-hydrogen) atoms. The van der Waals surface area contributed by atoms with Crippen molar-refractivity contribution in [2.24, 2.45) is 23.7 Å². The molecule has 2 saturated carbocycles. The summed E-state index contributed by atoms with van der Waals surface area (Å²) in [7, 11) is 0. The molecule has 0 spiro atoms. The summed E-state index contributed by atoms with van der Waals surface area (Å²) in [5.41, 5.74) is 1.48. The quantitative estimate of drug-likeness (QED) is 0.339. The predicted octanol–water partition coefficient (Wildman–Crippen LogP) is 8.60. The predicted molar refractivity (Wildman–Crippen MR) is 126 cm³/mol. The highest BCUT2D eigenvalue weighted by Crippen LogP contribution is 2.43. The molecule has 0 heterocycles. The third-order valence-corrected chi connectivity index (χ3v) is 7.99. The smallest absolute Gasteiger partial charge is 0.119 e. The second-order valence-corrected chi connectivity index (χ2v) is 10.0. The molecule has 0 radical (unpaired) electrons. The first kappa shape index (κ1) is 22.7. The fourth-order valence-electron chi connectivity index (χ4n) is 6.05. The van der Waals surface area contributed by atoms with Crippen molar-refractivity contribution in [2.45, 2.75) is 110 Å². The summed E-state index contributed by atoms with van der Waals surface area (Å²) >= 11 is 0. The van der Waals surface area contributed by atoms with Gasteiger partial charge in [0.05, 0.1) is 6.61 Å². The Morgan fingerprint density at radius 1 is 0.690 bits per heavy atom. The number of ether oxygens (including phenoxy) is 1. The minimum Gasteiger partial charge on any atom is -0.494 e. The van der Waals surface area contributed by atoms with Gasteiger partial charge in [0.1, 0.15) is 5.75 Å². The van der Waals surface area contributed by atoms with Gasteiger partial charge in [-0.2, -0.15) is 0 Å². The molecule has 1 heteroatoms. The van der Waals surface area contributed by atoms with Crippen LogP contribution in [0.1, 0.15) is 109 Å². The van der Waals surface area contributed by atoms with Gasteiger partial charge in [0.25, 0.3) is 0 Å². The minimum absolute atomic E-state index is 0.753. The van der Waals surface area contributed by atoms with Gasteiger partial charge < -0.3 is 4.74 Å². The first-order valence-corrected chi connectivity index (χ1v) is 13.0. The molecule has 2 fully saturated rings. The number of unbranched alkanes of at least 4 members (excludes halogenated alkanes) is 3. The average molecular weight is 399 g/mol. The van der Waals surface area contributed by atoms with Gasteiger partial charge in [-0.15, -0.1) is 0 Å². The Labute approximate surface area is 181 Å². The van der Waals surface area contributed by atoms with Crippen LogP contribution in [0.15, 0.2) is 24.3 Å². The molecular weight excluding hydrogens is 352 g/mol. The van der Waals surface area contributed by atoms with Gasteiger partial charge in [0.15, 0.2) is 0 Å². The average Bonchev–Trinajstić information content (AvgIpc) is 2.77. The molecule has 0 aromatic heterocycles. The van der Waals surface area contributed by atoms with Crippen molar-refractivity contribution in [3.63, 3.8) is 0 Å². The lowest BCUT2D eigenvalue weighted by atomic mass is 9.68. The van der Waals surface area contributed by atoms with Crippen molar-refractivity contribution < 1.29 is 4.74 Å². The molecule has 1 aromatic carbocycles. The maximum Gasteiger partial charge on any atom is 0.119 e. The van der Waals surface area contributed by atoms with Crippen molar-refractivity contribution in [3.8, 4) is 5.75 Å². The Bertz CT molecular complexity index is 532. The first-order chi connectivity index (χ1) is 14.3. The zero-order valence-electron chi connectivity index (χ0n) is 19.3. The van der Waals surface area contributed by atoms with Crippen LogP contribution in [-0.2, 0) is 6.42 Å². The van der Waals surface area contributed by atoms with E-state index in [1.54, 1.807) is 12.8 Å². The molecule has 0 unspecified atom stereocenters. The zero-order chi connectivity index (χ0) is 20.3. The van der Waals surface area contributed by atoms with Crippen molar-refractivity contribution in [1.82, 2.24) is 0 Å². The maximum atomic E-state index is 5.56. The summed E-state index contributed by atoms with van der Waals surface area (Å²) in [6.45, 7) is 5.12. The normalized spacial score (nSPS) is 27.7. The van der Waals surface area contributed by atoms with Crippen molar-refractivity contribution in [3.05, 3.63) is 29.8 Å². The van der Waals surface area contributed by atoms with Gasteiger partial charge in [-0.3, -0.25) is 0 Å². The van der Waals surface area contributed by atoms with E-state index in [1.807, 2.05) is 6.92 Å². The fraction of sp³-hybridized carbons (Fsp3) is 0.786. The number of rotatable bonds is 11. The second-order valence-electron chi connectivity index (χ2n) is 10.0. The molecule has 1 nitrogen and oxygen atoms in total. The van der Waals surface area contributed by atoms with E-state index in [2.05, 4.69) is 31.2 Å². The van der Waals surface area contributed by atoms with E-state index in [4.69, 9.17) is 4.74 Å². The number of benzene rings is 1. The largest absolute Gasteiger partial charge is 0.494 e. The van der Waals surface area contributed by atoms with Gasteiger partial charge in [-0.1, -0.05) is 76.8 Å². The van der Waals surface area contributed by atoms with Crippen LogP contribution in [0.5, 0.6) is 5.75 Å². The van der Waals surface area contributed by atoms with Crippen LogP contribution >= 0.6 is 0 Å². The Hall–Kier alpha value is -0.980. The molecule has 0 atom stereocenters. The Kier molecular flexibility index (Phi) is 9.91. The molecule has 164 valence electrons. The van der Waals surface area contributed by atoms with E-state index in [-0.39, 0.29) is 0 Å². The number of aryl methyl sites for hydroxylation is 1. The molecule has 0 aliphatic heterocycles. The van der Waals surface area contributed by atoms with E-state index < -0.39 is 0 Å². The Morgan fingerprint density at radius 3 is 1.83 bits per heavy atom. The number of hydrogen-bond donors (Lipinski definition) is 0. The summed E-state index contributed by atoms with van der Waals surface area (Å²) in [4.78, 5) is 0. The monoisotopic (exact) mass is 398 g/mol. The van der Waals surface area contributed by atoms with Crippen LogP contribution < -0.4 is 4.74 Å². The summed E-state index contributed by atoms with van der Waals surface area (Å²) in [6, 6.07) is 8.79. The van der Waals surface area contributed by atoms with E-state index >= 15 is 0 Å². The Morgan fingerprint density at radius 2 is 1.28 bits per heavy atom. The summed E-state index contributed by atoms with van der Waals surface area (Å²) < 4.78 is 5.56. The van der Waals surface area contributed by atoms with Gasteiger partial charge in [-0.05, 0) is 86.8 Å². The van der Waals surface area contributed by atoms with Crippen LogP contribution in [0.4, 0.5) is 0 Å². The summed E-state index contributed by atoms with van der Waals surface area (Å²) in [5, 5.41) is 0. The van der Waals surface area contributed by atoms with Crippen molar-refractivity contribution in [2.75, 3.05) is 6.61 Å². The SMILES string of the molecule is CCCCCC[C@H]1CC[C@H]([C@H]2CC[C@H](CCc3ccc(OCC)cc3)CC2)CC1. The lowest BCUT2D eigenvalue weighted by Gasteiger charge is -2.38. The van der Waals surface area contributed by atoms with Crippen LogP contribution in [0.25, 0.3) is 0 Å². The molecule has 3 rings (SSSR count). The van der Waals surface area contributed by atoms with Crippen LogP contribution in [0, 0.1) is 23.7 Å². The zero-order valence-corrected chi connectivity index (χ0v) is 19.3. The molecular formula is C28H46O. The van der Waals surface area contributed by atoms with E-state index in [9.17, 15) is 0 Å². The molecule has 0 bridgehead atoms. The second kappa shape index (κ2) is 12.7. The van der Waals surface area contributed by atoms with Gasteiger partial charge in [-0.25, -0.2) is 0 Å². The van der Waals surface area contributed by atoms with Gasteiger partial charge in [0, 0.05) is 0 Å². The van der Waals surface area contributed by atoms with Crippen LogP contribution in [-0.4, -0.2) is 6.61 Å². The fourth-order valence-corrected chi connectivity index (χ4v) is 6.05.